The summed E-state index contributed by atoms with van der Waals surface area (Å²) in [5.41, 5.74) is 2.11. The lowest BCUT2D eigenvalue weighted by Crippen LogP contribution is -2.35. The molecule has 9 heteroatoms. The van der Waals surface area contributed by atoms with Crippen LogP contribution in [0.15, 0.2) is 53.7 Å². The van der Waals surface area contributed by atoms with Gasteiger partial charge in [-0.1, -0.05) is 6.42 Å². The number of nitrogens with zero attached hydrogens (tertiary/aromatic N) is 3. The van der Waals surface area contributed by atoms with E-state index in [4.69, 9.17) is 4.74 Å². The lowest BCUT2D eigenvalue weighted by atomic mass is 10.2. The van der Waals surface area contributed by atoms with Crippen molar-refractivity contribution in [3.05, 3.63) is 48.8 Å². The zero-order chi connectivity index (χ0) is 21.8. The highest BCUT2D eigenvalue weighted by molar-refractivity contribution is 7.89. The standard InChI is InChI=1S/C22H26N4O4S/c1-30-18-7-5-17(6-8-18)24-22(27)11-14-25-16-23-20-15-19(9-10-21(20)25)31(28,29)26-12-3-2-4-13-26/h5-10,15-16H,2-4,11-14H2,1H3,(H,24,27). The number of anilines is 1. The Labute approximate surface area is 181 Å². The second-order valence-corrected chi connectivity index (χ2v) is 9.52. The number of aromatic nitrogens is 2. The Morgan fingerprint density at radius 2 is 1.84 bits per heavy atom. The van der Waals surface area contributed by atoms with Crippen molar-refractivity contribution >= 4 is 32.7 Å². The van der Waals surface area contributed by atoms with Crippen LogP contribution in [0.1, 0.15) is 25.7 Å². The molecule has 1 aromatic heterocycles. The van der Waals surface area contributed by atoms with Crippen LogP contribution in [0.4, 0.5) is 5.69 Å². The van der Waals surface area contributed by atoms with E-state index in [9.17, 15) is 13.2 Å². The molecule has 0 radical (unpaired) electrons. The van der Waals surface area contributed by atoms with E-state index < -0.39 is 10.0 Å². The molecule has 1 aliphatic heterocycles. The average Bonchev–Trinajstić information content (AvgIpc) is 3.21. The predicted octanol–water partition coefficient (Wildman–Crippen LogP) is 3.25. The first kappa shape index (κ1) is 21.3. The number of aryl methyl sites for hydroxylation is 1. The molecule has 4 rings (SSSR count). The molecular weight excluding hydrogens is 416 g/mol. The number of methoxy groups -OCH3 is 1. The monoisotopic (exact) mass is 442 g/mol. The molecule has 8 nitrogen and oxygen atoms in total. The van der Waals surface area contributed by atoms with Crippen LogP contribution < -0.4 is 10.1 Å². The third kappa shape index (κ3) is 4.72. The first-order valence-electron chi connectivity index (χ1n) is 10.4. The van der Waals surface area contributed by atoms with Crippen LogP contribution in [0, 0.1) is 0 Å². The highest BCUT2D eigenvalue weighted by atomic mass is 32.2. The number of fused-ring (bicyclic) bond motifs is 1. The number of nitrogens with one attached hydrogen (secondary N) is 1. The molecule has 0 aliphatic carbocycles. The third-order valence-corrected chi connectivity index (χ3v) is 7.39. The van der Waals surface area contributed by atoms with Crippen molar-refractivity contribution < 1.29 is 17.9 Å². The number of hydrogen-bond acceptors (Lipinski definition) is 5. The van der Waals surface area contributed by atoms with Crippen LogP contribution in [0.5, 0.6) is 5.75 Å². The number of sulfonamides is 1. The molecule has 164 valence electrons. The van der Waals surface area contributed by atoms with E-state index in [1.54, 1.807) is 60.2 Å². The summed E-state index contributed by atoms with van der Waals surface area (Å²) in [6.07, 6.45) is 4.78. The highest BCUT2D eigenvalue weighted by Gasteiger charge is 2.26. The Morgan fingerprint density at radius 3 is 2.55 bits per heavy atom. The highest BCUT2D eigenvalue weighted by Crippen LogP contribution is 2.24. The molecule has 1 aliphatic rings. The fourth-order valence-corrected chi connectivity index (χ4v) is 5.29. The zero-order valence-electron chi connectivity index (χ0n) is 17.5. The third-order valence-electron chi connectivity index (χ3n) is 5.50. The molecular formula is C22H26N4O4S. The van der Waals surface area contributed by atoms with Crippen molar-refractivity contribution in [2.45, 2.75) is 37.1 Å². The predicted molar refractivity (Wildman–Crippen MR) is 119 cm³/mol. The molecule has 1 fully saturated rings. The van der Waals surface area contributed by atoms with Gasteiger partial charge in [0.15, 0.2) is 0 Å². The summed E-state index contributed by atoms with van der Waals surface area (Å²) in [4.78, 5) is 16.9. The van der Waals surface area contributed by atoms with Gasteiger partial charge < -0.3 is 14.6 Å². The summed E-state index contributed by atoms with van der Waals surface area (Å²) in [5, 5.41) is 2.86. The van der Waals surface area contributed by atoms with E-state index >= 15 is 0 Å². The van der Waals surface area contributed by atoms with Crippen LogP contribution >= 0.6 is 0 Å². The molecule has 0 atom stereocenters. The molecule has 1 saturated heterocycles. The summed E-state index contributed by atoms with van der Waals surface area (Å²) in [6.45, 7) is 1.58. The maximum absolute atomic E-state index is 12.9. The van der Waals surface area contributed by atoms with Crippen LogP contribution in [-0.4, -0.2) is 48.4 Å². The van der Waals surface area contributed by atoms with Crippen LogP contribution in [0.2, 0.25) is 0 Å². The molecule has 31 heavy (non-hydrogen) atoms. The lowest BCUT2D eigenvalue weighted by molar-refractivity contribution is -0.116. The second-order valence-electron chi connectivity index (χ2n) is 7.58. The van der Waals surface area contributed by atoms with Gasteiger partial charge in [-0.05, 0) is 55.3 Å². The number of amides is 1. The lowest BCUT2D eigenvalue weighted by Gasteiger charge is -2.25. The van der Waals surface area contributed by atoms with Crippen molar-refractivity contribution in [1.29, 1.82) is 0 Å². The van der Waals surface area contributed by atoms with E-state index in [-0.39, 0.29) is 17.2 Å². The van der Waals surface area contributed by atoms with Crippen molar-refractivity contribution in [3.8, 4) is 5.75 Å². The molecule has 0 unspecified atom stereocenters. The van der Waals surface area contributed by atoms with Gasteiger partial charge in [-0.25, -0.2) is 13.4 Å². The summed E-state index contributed by atoms with van der Waals surface area (Å²) < 4.78 is 34.3. The Bertz CT molecular complexity index is 1170. The minimum Gasteiger partial charge on any atom is -0.497 e. The number of piperidine rings is 1. The first-order valence-corrected chi connectivity index (χ1v) is 11.8. The van der Waals surface area contributed by atoms with Crippen molar-refractivity contribution in [3.63, 3.8) is 0 Å². The smallest absolute Gasteiger partial charge is 0.243 e. The van der Waals surface area contributed by atoms with Gasteiger partial charge in [0, 0.05) is 31.7 Å². The van der Waals surface area contributed by atoms with E-state index in [0.717, 1.165) is 30.5 Å². The Hall–Kier alpha value is -2.91. The van der Waals surface area contributed by atoms with Gasteiger partial charge >= 0.3 is 0 Å². The number of carbonyl (C=O) groups excluding carboxylic acids is 1. The molecule has 1 N–H and O–H groups in total. The van der Waals surface area contributed by atoms with E-state index in [1.807, 2.05) is 4.57 Å². The number of ether oxygens (including phenoxy) is 1. The minimum atomic E-state index is -3.50. The fourth-order valence-electron chi connectivity index (χ4n) is 3.76. The molecule has 0 saturated carbocycles. The maximum Gasteiger partial charge on any atom is 0.243 e. The van der Waals surface area contributed by atoms with Crippen molar-refractivity contribution in [1.82, 2.24) is 13.9 Å². The van der Waals surface area contributed by atoms with Crippen LogP contribution in [0.3, 0.4) is 0 Å². The summed E-state index contributed by atoms with van der Waals surface area (Å²) in [6, 6.07) is 12.2. The fraction of sp³-hybridized carbons (Fsp3) is 0.364. The number of benzene rings is 2. The average molecular weight is 443 g/mol. The van der Waals surface area contributed by atoms with E-state index in [1.165, 1.54) is 0 Å². The van der Waals surface area contributed by atoms with Crippen LogP contribution in [0.25, 0.3) is 11.0 Å². The van der Waals surface area contributed by atoms with Gasteiger partial charge in [-0.15, -0.1) is 0 Å². The largest absolute Gasteiger partial charge is 0.497 e. The quantitative estimate of drug-likeness (QED) is 0.606. The molecule has 2 heterocycles. The van der Waals surface area contributed by atoms with Crippen molar-refractivity contribution in [2.75, 3.05) is 25.5 Å². The maximum atomic E-state index is 12.9. The van der Waals surface area contributed by atoms with E-state index in [2.05, 4.69) is 10.3 Å². The van der Waals surface area contributed by atoms with Gasteiger partial charge in [-0.2, -0.15) is 4.31 Å². The Kier molecular flexibility index (Phi) is 6.24. The molecule has 2 aromatic carbocycles. The number of carbonyl (C=O) groups is 1. The summed E-state index contributed by atoms with van der Waals surface area (Å²) >= 11 is 0. The zero-order valence-corrected chi connectivity index (χ0v) is 18.3. The molecule has 1 amide bonds. The van der Waals surface area contributed by atoms with Gasteiger partial charge in [0.25, 0.3) is 0 Å². The minimum absolute atomic E-state index is 0.115. The normalized spacial score (nSPS) is 15.1. The first-order chi connectivity index (χ1) is 15.0. The number of rotatable bonds is 7. The summed E-state index contributed by atoms with van der Waals surface area (Å²) in [7, 11) is -1.91. The van der Waals surface area contributed by atoms with Gasteiger partial charge in [0.2, 0.25) is 15.9 Å². The second kappa shape index (κ2) is 9.07. The van der Waals surface area contributed by atoms with E-state index in [0.29, 0.717) is 30.8 Å². The molecule has 3 aromatic rings. The molecule has 0 bridgehead atoms. The molecule has 0 spiro atoms. The number of imidazole rings is 1. The van der Waals surface area contributed by atoms with Gasteiger partial charge in [-0.3, -0.25) is 4.79 Å². The Balaban J connectivity index is 1.42. The SMILES string of the molecule is COc1ccc(NC(=O)CCn2cnc3cc(S(=O)(=O)N4CCCCC4)ccc32)cc1. The van der Waals surface area contributed by atoms with Crippen LogP contribution in [-0.2, 0) is 21.4 Å². The topological polar surface area (TPSA) is 93.5 Å². The van der Waals surface area contributed by atoms with Gasteiger partial charge in [0.05, 0.1) is 29.4 Å². The Morgan fingerprint density at radius 1 is 1.10 bits per heavy atom. The van der Waals surface area contributed by atoms with Gasteiger partial charge in [0.1, 0.15) is 5.75 Å². The van der Waals surface area contributed by atoms with Crippen molar-refractivity contribution in [2.24, 2.45) is 0 Å². The number of hydrogen-bond donors (Lipinski definition) is 1. The summed E-state index contributed by atoms with van der Waals surface area (Å²) in [5.74, 6) is 0.612.